The van der Waals surface area contributed by atoms with Gasteiger partial charge in [0.2, 0.25) is 0 Å². The molecule has 1 aliphatic carbocycles. The molecule has 19 heavy (non-hydrogen) atoms. The van der Waals surface area contributed by atoms with Gasteiger partial charge in [-0.3, -0.25) is 9.00 Å². The fourth-order valence-corrected chi connectivity index (χ4v) is 3.88. The second-order valence-electron chi connectivity index (χ2n) is 5.47. The first-order chi connectivity index (χ1) is 9.20. The fraction of sp³-hybridized carbons (Fsp3) is 0.929. The predicted molar refractivity (Wildman–Crippen MR) is 76.5 cm³/mol. The average molecular weight is 287 g/mol. The van der Waals surface area contributed by atoms with E-state index < -0.39 is 10.8 Å². The zero-order valence-electron chi connectivity index (χ0n) is 11.8. The van der Waals surface area contributed by atoms with E-state index in [1.165, 1.54) is 19.3 Å². The van der Waals surface area contributed by atoms with Crippen molar-refractivity contribution in [3.8, 4) is 0 Å². The number of rotatable bonds is 4. The van der Waals surface area contributed by atoms with Crippen LogP contribution in [0.2, 0.25) is 0 Å². The monoisotopic (exact) mass is 287 g/mol. The minimum Gasteiger partial charge on any atom is -0.365 e. The van der Waals surface area contributed by atoms with Gasteiger partial charge in [0.05, 0.1) is 6.10 Å². The van der Waals surface area contributed by atoms with E-state index in [1.807, 2.05) is 11.8 Å². The van der Waals surface area contributed by atoms with E-state index >= 15 is 0 Å². The molecule has 1 amide bonds. The van der Waals surface area contributed by atoms with Crippen LogP contribution < -0.4 is 0 Å². The topological polar surface area (TPSA) is 46.6 Å². The van der Waals surface area contributed by atoms with Crippen LogP contribution in [0.3, 0.4) is 0 Å². The van der Waals surface area contributed by atoms with Crippen LogP contribution in [0.15, 0.2) is 0 Å². The van der Waals surface area contributed by atoms with Gasteiger partial charge in [-0.25, -0.2) is 0 Å². The molecule has 0 spiro atoms. The van der Waals surface area contributed by atoms with Crippen LogP contribution in [-0.4, -0.2) is 51.8 Å². The van der Waals surface area contributed by atoms with Crippen molar-refractivity contribution < 1.29 is 13.7 Å². The zero-order valence-corrected chi connectivity index (χ0v) is 12.6. The summed E-state index contributed by atoms with van der Waals surface area (Å²) in [6.07, 6.45) is 6.62. The summed E-state index contributed by atoms with van der Waals surface area (Å²) in [5, 5.41) is 0. The third kappa shape index (κ3) is 4.28. The molecule has 110 valence electrons. The Labute approximate surface area is 118 Å². The van der Waals surface area contributed by atoms with Crippen molar-refractivity contribution in [3.05, 3.63) is 0 Å². The third-order valence-electron chi connectivity index (χ3n) is 4.04. The summed E-state index contributed by atoms with van der Waals surface area (Å²) in [6.45, 7) is 3.25. The molecule has 2 aliphatic rings. The number of carbonyl (C=O) groups is 1. The van der Waals surface area contributed by atoms with E-state index in [-0.39, 0.29) is 18.1 Å². The first-order valence-electron chi connectivity index (χ1n) is 7.50. The molecule has 0 N–H and O–H groups in total. The Morgan fingerprint density at radius 2 is 1.89 bits per heavy atom. The molecule has 0 radical (unpaired) electrons. The molecule has 1 saturated heterocycles. The largest absolute Gasteiger partial charge is 0.365 e. The summed E-state index contributed by atoms with van der Waals surface area (Å²) < 4.78 is 17.3. The third-order valence-corrected chi connectivity index (χ3v) is 5.32. The number of hydrogen-bond donors (Lipinski definition) is 0. The van der Waals surface area contributed by atoms with Crippen LogP contribution in [0.1, 0.15) is 45.4 Å². The quantitative estimate of drug-likeness (QED) is 0.791. The van der Waals surface area contributed by atoms with E-state index in [9.17, 15) is 9.00 Å². The van der Waals surface area contributed by atoms with Gasteiger partial charge in [-0.2, -0.15) is 0 Å². The van der Waals surface area contributed by atoms with Crippen molar-refractivity contribution >= 4 is 16.7 Å². The van der Waals surface area contributed by atoms with Gasteiger partial charge in [-0.1, -0.05) is 26.2 Å². The summed E-state index contributed by atoms with van der Waals surface area (Å²) in [6, 6.07) is 0. The highest BCUT2D eigenvalue weighted by molar-refractivity contribution is 7.85. The lowest BCUT2D eigenvalue weighted by molar-refractivity contribution is -0.148. The first kappa shape index (κ1) is 15.0. The summed E-state index contributed by atoms with van der Waals surface area (Å²) in [5.41, 5.74) is 0. The lowest BCUT2D eigenvalue weighted by Gasteiger charge is -2.32. The van der Waals surface area contributed by atoms with Gasteiger partial charge in [-0.15, -0.1) is 0 Å². The Morgan fingerprint density at radius 1 is 1.26 bits per heavy atom. The SMILES string of the molecule is CCC(OC1CCCCC1)C(=O)N1CCS(=O)CC1. The molecule has 0 bridgehead atoms. The highest BCUT2D eigenvalue weighted by Gasteiger charge is 2.29. The zero-order chi connectivity index (χ0) is 13.7. The minimum atomic E-state index is -0.734. The minimum absolute atomic E-state index is 0.102. The lowest BCUT2D eigenvalue weighted by atomic mass is 9.97. The van der Waals surface area contributed by atoms with Gasteiger partial charge < -0.3 is 9.64 Å². The van der Waals surface area contributed by atoms with Crippen molar-refractivity contribution in [3.63, 3.8) is 0 Å². The van der Waals surface area contributed by atoms with Crippen molar-refractivity contribution in [2.45, 2.75) is 57.7 Å². The molecule has 2 rings (SSSR count). The Balaban J connectivity index is 1.85. The molecule has 1 aliphatic heterocycles. The smallest absolute Gasteiger partial charge is 0.251 e. The summed E-state index contributed by atoms with van der Waals surface area (Å²) in [4.78, 5) is 14.2. The second kappa shape index (κ2) is 7.39. The molecular formula is C14H25NO3S. The highest BCUT2D eigenvalue weighted by atomic mass is 32.2. The van der Waals surface area contributed by atoms with Crippen molar-refractivity contribution in [2.75, 3.05) is 24.6 Å². The molecule has 1 heterocycles. The van der Waals surface area contributed by atoms with Gasteiger partial charge in [0.1, 0.15) is 6.10 Å². The van der Waals surface area contributed by atoms with Gasteiger partial charge in [0, 0.05) is 35.4 Å². The molecule has 1 unspecified atom stereocenters. The van der Waals surface area contributed by atoms with Crippen molar-refractivity contribution in [1.82, 2.24) is 4.90 Å². The van der Waals surface area contributed by atoms with E-state index in [2.05, 4.69) is 0 Å². The normalized spacial score (nSPS) is 24.4. The molecular weight excluding hydrogens is 262 g/mol. The van der Waals surface area contributed by atoms with Crippen LogP contribution in [-0.2, 0) is 20.3 Å². The standard InChI is InChI=1S/C14H25NO3S/c1-2-13(18-12-6-4-3-5-7-12)14(16)15-8-10-19(17)11-9-15/h12-13H,2-11H2,1H3. The van der Waals surface area contributed by atoms with Crippen LogP contribution in [0.5, 0.6) is 0 Å². The number of nitrogens with zero attached hydrogens (tertiary/aromatic N) is 1. The molecule has 4 nitrogen and oxygen atoms in total. The van der Waals surface area contributed by atoms with Gasteiger partial charge in [0.15, 0.2) is 0 Å². The number of amides is 1. The van der Waals surface area contributed by atoms with Crippen LogP contribution >= 0.6 is 0 Å². The molecule has 1 atom stereocenters. The van der Waals surface area contributed by atoms with Crippen LogP contribution in [0, 0.1) is 0 Å². The van der Waals surface area contributed by atoms with E-state index in [1.54, 1.807) is 0 Å². The van der Waals surface area contributed by atoms with Crippen molar-refractivity contribution in [2.24, 2.45) is 0 Å². The second-order valence-corrected chi connectivity index (χ2v) is 7.16. The Hall–Kier alpha value is -0.420. The van der Waals surface area contributed by atoms with E-state index in [0.717, 1.165) is 19.3 Å². The molecule has 1 saturated carbocycles. The van der Waals surface area contributed by atoms with Crippen LogP contribution in [0.4, 0.5) is 0 Å². The molecule has 0 aromatic rings. The van der Waals surface area contributed by atoms with Gasteiger partial charge >= 0.3 is 0 Å². The molecule has 5 heteroatoms. The molecule has 0 aromatic carbocycles. The molecule has 0 aromatic heterocycles. The number of hydrogen-bond acceptors (Lipinski definition) is 3. The maximum Gasteiger partial charge on any atom is 0.251 e. The summed E-state index contributed by atoms with van der Waals surface area (Å²) >= 11 is 0. The van der Waals surface area contributed by atoms with Gasteiger partial charge in [0.25, 0.3) is 5.91 Å². The number of carbonyl (C=O) groups excluding carboxylic acids is 1. The lowest BCUT2D eigenvalue weighted by Crippen LogP contribution is -2.47. The Morgan fingerprint density at radius 3 is 2.47 bits per heavy atom. The maximum atomic E-state index is 12.4. The van der Waals surface area contributed by atoms with Crippen LogP contribution in [0.25, 0.3) is 0 Å². The van der Waals surface area contributed by atoms with E-state index in [4.69, 9.17) is 4.74 Å². The summed E-state index contributed by atoms with van der Waals surface area (Å²) in [5.74, 6) is 1.33. The van der Waals surface area contributed by atoms with Crippen molar-refractivity contribution in [1.29, 1.82) is 0 Å². The van der Waals surface area contributed by atoms with Gasteiger partial charge in [-0.05, 0) is 19.3 Å². The highest BCUT2D eigenvalue weighted by Crippen LogP contribution is 2.23. The maximum absolute atomic E-state index is 12.4. The Kier molecular flexibility index (Phi) is 5.82. The molecule has 2 fully saturated rings. The predicted octanol–water partition coefficient (Wildman–Crippen LogP) is 1.71. The Bertz CT molecular complexity index is 319. The fourth-order valence-electron chi connectivity index (χ4n) is 2.82. The van der Waals surface area contributed by atoms with E-state index in [0.29, 0.717) is 24.6 Å². The first-order valence-corrected chi connectivity index (χ1v) is 8.98. The average Bonchev–Trinajstić information content (AvgIpc) is 2.46. The number of ether oxygens (including phenoxy) is 1. The summed E-state index contributed by atoms with van der Waals surface area (Å²) in [7, 11) is -0.734.